The molecule has 0 heterocycles. The summed E-state index contributed by atoms with van der Waals surface area (Å²) in [7, 11) is 4.53. The first-order valence-corrected chi connectivity index (χ1v) is 11.6. The van der Waals surface area contributed by atoms with Gasteiger partial charge in [-0.15, -0.1) is 0 Å². The molecule has 2 N–H and O–H groups in total. The average Bonchev–Trinajstić information content (AvgIpc) is 2.91. The summed E-state index contributed by atoms with van der Waals surface area (Å²) < 4.78 is 16.2. The predicted molar refractivity (Wildman–Crippen MR) is 140 cm³/mol. The molecule has 0 aliphatic rings. The molecular formula is C29H32N2O5. The number of hydrogen-bond acceptors (Lipinski definition) is 5. The molecule has 3 rings (SSSR count). The molecule has 3 aromatic rings. The van der Waals surface area contributed by atoms with E-state index >= 15 is 0 Å². The van der Waals surface area contributed by atoms with Crippen LogP contribution in [0.5, 0.6) is 17.2 Å². The first-order chi connectivity index (χ1) is 17.4. The first kappa shape index (κ1) is 26.3. The lowest BCUT2D eigenvalue weighted by Crippen LogP contribution is -2.36. The second kappa shape index (κ2) is 12.4. The fraction of sp³-hybridized carbons (Fsp3) is 0.241. The Labute approximate surface area is 212 Å². The van der Waals surface area contributed by atoms with Crippen LogP contribution in [0.3, 0.4) is 0 Å². The molecule has 2 amide bonds. The van der Waals surface area contributed by atoms with E-state index in [0.717, 1.165) is 11.1 Å². The number of amides is 2. The van der Waals surface area contributed by atoms with Gasteiger partial charge < -0.3 is 24.8 Å². The molecule has 0 saturated heterocycles. The molecule has 0 aromatic heterocycles. The third-order valence-corrected chi connectivity index (χ3v) is 5.78. The number of hydrogen-bond donors (Lipinski definition) is 2. The number of methoxy groups -OCH3 is 3. The lowest BCUT2D eigenvalue weighted by molar-refractivity contribution is -0.124. The maximum Gasteiger partial charge on any atom is 0.257 e. The third kappa shape index (κ3) is 6.44. The molecule has 0 aliphatic carbocycles. The smallest absolute Gasteiger partial charge is 0.257 e. The van der Waals surface area contributed by atoms with E-state index in [0.29, 0.717) is 22.8 Å². The maximum atomic E-state index is 13.4. The number of rotatable bonds is 10. The summed E-state index contributed by atoms with van der Waals surface area (Å²) in [6, 6.07) is 21.9. The quantitative estimate of drug-likeness (QED) is 0.242. The van der Waals surface area contributed by atoms with Crippen molar-refractivity contribution in [3.63, 3.8) is 0 Å². The molecule has 0 fully saturated rings. The van der Waals surface area contributed by atoms with Gasteiger partial charge in [0.1, 0.15) is 5.57 Å². The highest BCUT2D eigenvalue weighted by atomic mass is 16.5. The fourth-order valence-electron chi connectivity index (χ4n) is 3.78. The van der Waals surface area contributed by atoms with Crippen LogP contribution in [0.1, 0.15) is 42.6 Å². The van der Waals surface area contributed by atoms with Crippen LogP contribution in [0, 0.1) is 0 Å². The van der Waals surface area contributed by atoms with Crippen LogP contribution < -0.4 is 24.8 Å². The topological polar surface area (TPSA) is 85.9 Å². The van der Waals surface area contributed by atoms with E-state index in [1.807, 2.05) is 74.5 Å². The molecule has 0 bridgehead atoms. The van der Waals surface area contributed by atoms with Crippen LogP contribution in [0.4, 0.5) is 0 Å². The second-order valence-electron chi connectivity index (χ2n) is 8.23. The molecule has 0 saturated carbocycles. The van der Waals surface area contributed by atoms with Gasteiger partial charge in [-0.2, -0.15) is 0 Å². The second-order valence-corrected chi connectivity index (χ2v) is 8.23. The Balaban J connectivity index is 1.98. The van der Waals surface area contributed by atoms with Crippen LogP contribution in [0.2, 0.25) is 0 Å². The standard InChI is InChI=1S/C29H32N2O5/c1-19(22-12-8-6-9-13-22)30-28(32)24(29(33)31-20(2)23-14-10-7-11-15-23)16-21-17-25(34-3)27(36-5)26(18-21)35-4/h6-20H,1-5H3,(H,30,32)(H,31,33)/t19-,20+. The summed E-state index contributed by atoms with van der Waals surface area (Å²) in [6.45, 7) is 3.74. The minimum absolute atomic E-state index is 0.0464. The Kier molecular flexibility index (Phi) is 9.11. The number of nitrogens with one attached hydrogen (secondary N) is 2. The largest absolute Gasteiger partial charge is 0.493 e. The van der Waals surface area contributed by atoms with Gasteiger partial charge in [0.15, 0.2) is 11.5 Å². The number of benzene rings is 3. The summed E-state index contributed by atoms with van der Waals surface area (Å²) >= 11 is 0. The Morgan fingerprint density at radius 2 is 1.11 bits per heavy atom. The van der Waals surface area contributed by atoms with Crippen molar-refractivity contribution < 1.29 is 23.8 Å². The Bertz CT molecular complexity index is 1120. The van der Waals surface area contributed by atoms with Crippen LogP contribution in [-0.2, 0) is 9.59 Å². The third-order valence-electron chi connectivity index (χ3n) is 5.78. The van der Waals surface area contributed by atoms with E-state index in [2.05, 4.69) is 10.6 Å². The SMILES string of the molecule is COc1cc(C=C(C(=O)N[C@@H](C)c2ccccc2)C(=O)N[C@H](C)c2ccccc2)cc(OC)c1OC. The highest BCUT2D eigenvalue weighted by Gasteiger charge is 2.23. The normalized spacial score (nSPS) is 12.8. The molecule has 36 heavy (non-hydrogen) atoms. The van der Waals surface area contributed by atoms with Gasteiger partial charge in [0.25, 0.3) is 11.8 Å². The molecule has 0 radical (unpaired) electrons. The maximum absolute atomic E-state index is 13.4. The number of carbonyl (C=O) groups is 2. The van der Waals surface area contributed by atoms with E-state index in [4.69, 9.17) is 14.2 Å². The van der Waals surface area contributed by atoms with Gasteiger partial charge in [-0.05, 0) is 48.7 Å². The van der Waals surface area contributed by atoms with Crippen LogP contribution in [0.15, 0.2) is 78.4 Å². The highest BCUT2D eigenvalue weighted by Crippen LogP contribution is 2.38. The monoisotopic (exact) mass is 488 g/mol. The fourth-order valence-corrected chi connectivity index (χ4v) is 3.78. The average molecular weight is 489 g/mol. The van der Waals surface area contributed by atoms with E-state index in [-0.39, 0.29) is 17.7 Å². The molecule has 0 spiro atoms. The zero-order chi connectivity index (χ0) is 26.1. The highest BCUT2D eigenvalue weighted by molar-refractivity contribution is 6.21. The van der Waals surface area contributed by atoms with Gasteiger partial charge >= 0.3 is 0 Å². The summed E-state index contributed by atoms with van der Waals surface area (Å²) in [4.78, 5) is 26.8. The van der Waals surface area contributed by atoms with E-state index in [1.165, 1.54) is 27.4 Å². The van der Waals surface area contributed by atoms with Crippen molar-refractivity contribution in [2.45, 2.75) is 25.9 Å². The molecule has 7 nitrogen and oxygen atoms in total. The summed E-state index contributed by atoms with van der Waals surface area (Å²) in [5.41, 5.74) is 2.35. The molecule has 3 aromatic carbocycles. The summed E-state index contributed by atoms with van der Waals surface area (Å²) in [5.74, 6) is 0.246. The minimum Gasteiger partial charge on any atom is -0.493 e. The lowest BCUT2D eigenvalue weighted by atomic mass is 10.0. The van der Waals surface area contributed by atoms with E-state index in [1.54, 1.807) is 12.1 Å². The Morgan fingerprint density at radius 3 is 1.47 bits per heavy atom. The number of ether oxygens (including phenoxy) is 3. The molecule has 0 unspecified atom stereocenters. The molecule has 7 heteroatoms. The Hall–Kier alpha value is -4.26. The molecule has 2 atom stereocenters. The van der Waals surface area contributed by atoms with Crippen molar-refractivity contribution in [2.24, 2.45) is 0 Å². The minimum atomic E-state index is -0.502. The van der Waals surface area contributed by atoms with Gasteiger partial charge in [-0.3, -0.25) is 9.59 Å². The summed E-state index contributed by atoms with van der Waals surface area (Å²) in [5, 5.41) is 5.87. The summed E-state index contributed by atoms with van der Waals surface area (Å²) in [6.07, 6.45) is 1.52. The number of carbonyl (C=O) groups excluding carboxylic acids is 2. The van der Waals surface area contributed by atoms with E-state index < -0.39 is 11.8 Å². The van der Waals surface area contributed by atoms with Crippen LogP contribution in [-0.4, -0.2) is 33.1 Å². The molecule has 0 aliphatic heterocycles. The molecule has 188 valence electrons. The van der Waals surface area contributed by atoms with Gasteiger partial charge in [0.2, 0.25) is 5.75 Å². The van der Waals surface area contributed by atoms with Crippen LogP contribution >= 0.6 is 0 Å². The lowest BCUT2D eigenvalue weighted by Gasteiger charge is -2.19. The Morgan fingerprint density at radius 1 is 0.694 bits per heavy atom. The van der Waals surface area contributed by atoms with Crippen molar-refractivity contribution >= 4 is 17.9 Å². The van der Waals surface area contributed by atoms with Gasteiger partial charge in [0.05, 0.1) is 33.4 Å². The molecular weight excluding hydrogens is 456 g/mol. The van der Waals surface area contributed by atoms with Crippen molar-refractivity contribution in [1.29, 1.82) is 0 Å². The van der Waals surface area contributed by atoms with Gasteiger partial charge in [-0.1, -0.05) is 60.7 Å². The van der Waals surface area contributed by atoms with E-state index in [9.17, 15) is 9.59 Å². The predicted octanol–water partition coefficient (Wildman–Crippen LogP) is 4.85. The van der Waals surface area contributed by atoms with Crippen molar-refractivity contribution in [2.75, 3.05) is 21.3 Å². The zero-order valence-corrected chi connectivity index (χ0v) is 21.2. The van der Waals surface area contributed by atoms with Crippen molar-refractivity contribution in [3.8, 4) is 17.2 Å². The zero-order valence-electron chi connectivity index (χ0n) is 21.2. The van der Waals surface area contributed by atoms with Gasteiger partial charge in [-0.25, -0.2) is 0 Å². The van der Waals surface area contributed by atoms with Crippen LogP contribution in [0.25, 0.3) is 6.08 Å². The van der Waals surface area contributed by atoms with Crippen molar-refractivity contribution in [3.05, 3.63) is 95.1 Å². The van der Waals surface area contributed by atoms with Gasteiger partial charge in [0, 0.05) is 0 Å². The first-order valence-electron chi connectivity index (χ1n) is 11.6. The van der Waals surface area contributed by atoms with Crippen molar-refractivity contribution in [1.82, 2.24) is 10.6 Å².